The van der Waals surface area contributed by atoms with Gasteiger partial charge in [-0.05, 0) is 62.5 Å². The fraction of sp³-hybridized carbons (Fsp3) is 0.250. The molecule has 7 nitrogen and oxygen atoms in total. The summed E-state index contributed by atoms with van der Waals surface area (Å²) in [5.74, 6) is 0.838. The number of amides is 2. The predicted molar refractivity (Wildman–Crippen MR) is 127 cm³/mol. The van der Waals surface area contributed by atoms with E-state index in [1.807, 2.05) is 32.2 Å². The van der Waals surface area contributed by atoms with Crippen LogP contribution < -0.4 is 24.8 Å². The molecule has 0 atom stereocenters. The molecule has 2 amide bonds. The third-order valence-electron chi connectivity index (χ3n) is 4.29. The first-order valence-electron chi connectivity index (χ1n) is 10.4. The minimum atomic E-state index is -0.336. The van der Waals surface area contributed by atoms with Gasteiger partial charge in [-0.15, -0.1) is 11.3 Å². The van der Waals surface area contributed by atoms with Gasteiger partial charge in [-0.3, -0.25) is 9.59 Å². The van der Waals surface area contributed by atoms with E-state index in [0.717, 1.165) is 0 Å². The Hall–Kier alpha value is -3.52. The maximum absolute atomic E-state index is 13.0. The lowest BCUT2D eigenvalue weighted by Crippen LogP contribution is -2.14. The van der Waals surface area contributed by atoms with Gasteiger partial charge in [0, 0.05) is 16.9 Å². The highest BCUT2D eigenvalue weighted by atomic mass is 32.1. The van der Waals surface area contributed by atoms with E-state index < -0.39 is 0 Å². The summed E-state index contributed by atoms with van der Waals surface area (Å²) in [6.45, 7) is 6.87. The number of benzene rings is 2. The summed E-state index contributed by atoms with van der Waals surface area (Å²) in [6.07, 6.45) is 0. The first-order valence-corrected chi connectivity index (χ1v) is 11.3. The molecule has 0 bridgehead atoms. The van der Waals surface area contributed by atoms with Crippen molar-refractivity contribution in [3.8, 4) is 17.2 Å². The molecule has 2 aromatic carbocycles. The van der Waals surface area contributed by atoms with Crippen LogP contribution in [-0.4, -0.2) is 31.6 Å². The van der Waals surface area contributed by atoms with Gasteiger partial charge in [0.2, 0.25) is 5.75 Å². The van der Waals surface area contributed by atoms with Crippen molar-refractivity contribution in [2.75, 3.05) is 30.5 Å². The van der Waals surface area contributed by atoms with Crippen molar-refractivity contribution in [2.45, 2.75) is 20.8 Å². The van der Waals surface area contributed by atoms with Crippen LogP contribution in [0.4, 0.5) is 11.4 Å². The van der Waals surface area contributed by atoms with E-state index in [1.165, 1.54) is 11.3 Å². The summed E-state index contributed by atoms with van der Waals surface area (Å²) >= 11 is 1.36. The molecule has 168 valence electrons. The zero-order chi connectivity index (χ0) is 22.9. The summed E-state index contributed by atoms with van der Waals surface area (Å²) in [5.41, 5.74) is 1.50. The highest BCUT2D eigenvalue weighted by Crippen LogP contribution is 2.39. The van der Waals surface area contributed by atoms with Crippen molar-refractivity contribution in [1.29, 1.82) is 0 Å². The Morgan fingerprint density at radius 3 is 1.91 bits per heavy atom. The average Bonchev–Trinajstić information content (AvgIpc) is 3.31. The SMILES string of the molecule is CCOc1cc(C(=O)Nc2cccc(NC(=O)c3cccs3)c2)cc(OCC)c1OCC. The van der Waals surface area contributed by atoms with E-state index in [-0.39, 0.29) is 11.8 Å². The minimum absolute atomic E-state index is 0.197. The lowest BCUT2D eigenvalue weighted by molar-refractivity contribution is 0.102. The quantitative estimate of drug-likeness (QED) is 0.426. The highest BCUT2D eigenvalue weighted by molar-refractivity contribution is 7.12. The van der Waals surface area contributed by atoms with Gasteiger partial charge >= 0.3 is 0 Å². The van der Waals surface area contributed by atoms with Crippen LogP contribution in [0.5, 0.6) is 17.2 Å². The predicted octanol–water partition coefficient (Wildman–Crippen LogP) is 5.45. The first kappa shape index (κ1) is 23.1. The van der Waals surface area contributed by atoms with Crippen LogP contribution in [0.25, 0.3) is 0 Å². The number of ether oxygens (including phenoxy) is 3. The molecule has 0 saturated carbocycles. The van der Waals surface area contributed by atoms with Crippen LogP contribution in [0.15, 0.2) is 53.9 Å². The summed E-state index contributed by atoms with van der Waals surface area (Å²) in [7, 11) is 0. The van der Waals surface area contributed by atoms with E-state index in [4.69, 9.17) is 14.2 Å². The molecule has 0 fully saturated rings. The molecule has 2 N–H and O–H groups in total. The maximum Gasteiger partial charge on any atom is 0.265 e. The van der Waals surface area contributed by atoms with Crippen molar-refractivity contribution in [2.24, 2.45) is 0 Å². The highest BCUT2D eigenvalue weighted by Gasteiger charge is 2.18. The summed E-state index contributed by atoms with van der Waals surface area (Å²) in [5, 5.41) is 7.53. The molecule has 32 heavy (non-hydrogen) atoms. The van der Waals surface area contributed by atoms with Crippen LogP contribution in [0, 0.1) is 0 Å². The largest absolute Gasteiger partial charge is 0.490 e. The van der Waals surface area contributed by atoms with Gasteiger partial charge in [0.1, 0.15) is 0 Å². The zero-order valence-electron chi connectivity index (χ0n) is 18.3. The minimum Gasteiger partial charge on any atom is -0.490 e. The summed E-state index contributed by atoms with van der Waals surface area (Å²) in [6, 6.07) is 13.8. The van der Waals surface area contributed by atoms with E-state index in [9.17, 15) is 9.59 Å². The number of carbonyl (C=O) groups is 2. The number of carbonyl (C=O) groups excluding carboxylic acids is 2. The van der Waals surface area contributed by atoms with Crippen molar-refractivity contribution in [1.82, 2.24) is 0 Å². The fourth-order valence-corrected chi connectivity index (χ4v) is 3.62. The monoisotopic (exact) mass is 454 g/mol. The molecule has 0 aliphatic heterocycles. The van der Waals surface area contributed by atoms with Crippen LogP contribution in [0.1, 0.15) is 40.8 Å². The molecule has 0 aliphatic carbocycles. The molecule has 0 spiro atoms. The Bertz CT molecular complexity index is 1040. The van der Waals surface area contributed by atoms with E-state index in [1.54, 1.807) is 42.5 Å². The standard InChI is InChI=1S/C24H26N2O5S/c1-4-29-19-13-16(14-20(30-5-2)22(19)31-6-3)23(27)25-17-9-7-10-18(15-17)26-24(28)21-11-8-12-32-21/h7-15H,4-6H2,1-3H3,(H,25,27)(H,26,28). The molecular weight excluding hydrogens is 428 g/mol. The van der Waals surface area contributed by atoms with Gasteiger partial charge < -0.3 is 24.8 Å². The fourth-order valence-electron chi connectivity index (χ4n) is 3.00. The third-order valence-corrected chi connectivity index (χ3v) is 5.16. The number of rotatable bonds is 10. The van der Waals surface area contributed by atoms with Crippen molar-refractivity contribution >= 4 is 34.5 Å². The van der Waals surface area contributed by atoms with Crippen LogP contribution in [0.2, 0.25) is 0 Å². The molecular formula is C24H26N2O5S. The Morgan fingerprint density at radius 2 is 1.38 bits per heavy atom. The Labute approximate surface area is 191 Å². The van der Waals surface area contributed by atoms with Gasteiger partial charge in [-0.1, -0.05) is 12.1 Å². The normalized spacial score (nSPS) is 10.3. The number of hydrogen-bond donors (Lipinski definition) is 2. The van der Waals surface area contributed by atoms with Crippen molar-refractivity contribution < 1.29 is 23.8 Å². The van der Waals surface area contributed by atoms with E-state index in [2.05, 4.69) is 10.6 Å². The number of thiophene rings is 1. The number of nitrogens with one attached hydrogen (secondary N) is 2. The van der Waals surface area contributed by atoms with Crippen LogP contribution in [0.3, 0.4) is 0 Å². The van der Waals surface area contributed by atoms with Gasteiger partial charge in [0.15, 0.2) is 11.5 Å². The summed E-state index contributed by atoms with van der Waals surface area (Å²) < 4.78 is 17.1. The average molecular weight is 455 g/mol. The third kappa shape index (κ3) is 5.79. The van der Waals surface area contributed by atoms with Crippen molar-refractivity contribution in [3.05, 3.63) is 64.4 Å². The second-order valence-corrected chi connectivity index (χ2v) is 7.51. The molecule has 0 radical (unpaired) electrons. The number of anilines is 2. The first-order chi connectivity index (χ1) is 15.5. The van der Waals surface area contributed by atoms with Crippen LogP contribution >= 0.6 is 11.3 Å². The van der Waals surface area contributed by atoms with Gasteiger partial charge in [0.25, 0.3) is 11.8 Å². The summed E-state index contributed by atoms with van der Waals surface area (Å²) in [4.78, 5) is 25.9. The van der Waals surface area contributed by atoms with E-state index >= 15 is 0 Å². The maximum atomic E-state index is 13.0. The van der Waals surface area contributed by atoms with Crippen molar-refractivity contribution in [3.63, 3.8) is 0 Å². The Balaban J connectivity index is 1.81. The number of hydrogen-bond acceptors (Lipinski definition) is 6. The van der Waals surface area contributed by atoms with Gasteiger partial charge in [-0.2, -0.15) is 0 Å². The second-order valence-electron chi connectivity index (χ2n) is 6.57. The molecule has 0 aliphatic rings. The molecule has 8 heteroatoms. The molecule has 0 unspecified atom stereocenters. The van der Waals surface area contributed by atoms with Gasteiger partial charge in [-0.25, -0.2) is 0 Å². The van der Waals surface area contributed by atoms with Gasteiger partial charge in [0.05, 0.1) is 24.7 Å². The Kier molecular flexibility index (Phi) is 8.10. The topological polar surface area (TPSA) is 85.9 Å². The van der Waals surface area contributed by atoms with E-state index in [0.29, 0.717) is 58.9 Å². The second kappa shape index (κ2) is 11.2. The molecule has 1 heterocycles. The van der Waals surface area contributed by atoms with Crippen LogP contribution in [-0.2, 0) is 0 Å². The molecule has 1 aromatic heterocycles. The smallest absolute Gasteiger partial charge is 0.265 e. The Morgan fingerprint density at radius 1 is 0.781 bits per heavy atom. The zero-order valence-corrected chi connectivity index (χ0v) is 19.1. The lowest BCUT2D eigenvalue weighted by atomic mass is 10.1. The molecule has 3 aromatic rings. The molecule has 3 rings (SSSR count). The lowest BCUT2D eigenvalue weighted by Gasteiger charge is -2.17. The molecule has 0 saturated heterocycles.